The number of allylic oxidation sites excluding steroid dienone is 3. The van der Waals surface area contributed by atoms with Crippen molar-refractivity contribution < 1.29 is 8.78 Å². The van der Waals surface area contributed by atoms with Gasteiger partial charge in [-0.1, -0.05) is 19.2 Å². The Morgan fingerprint density at radius 1 is 1.48 bits per heavy atom. The van der Waals surface area contributed by atoms with E-state index >= 15 is 0 Å². The maximum atomic E-state index is 12.6. The zero-order chi connectivity index (χ0) is 15.8. The number of rotatable bonds is 7. The number of aromatic nitrogens is 3. The third-order valence-electron chi connectivity index (χ3n) is 2.47. The van der Waals surface area contributed by atoms with E-state index in [1.807, 2.05) is 0 Å². The summed E-state index contributed by atoms with van der Waals surface area (Å²) in [5.41, 5.74) is 4.64. The predicted molar refractivity (Wildman–Crippen MR) is 77.9 cm³/mol. The summed E-state index contributed by atoms with van der Waals surface area (Å²) in [6.07, 6.45) is 4.94. The molecule has 0 aliphatic heterocycles. The van der Waals surface area contributed by atoms with Gasteiger partial charge in [0, 0.05) is 18.3 Å². The van der Waals surface area contributed by atoms with Gasteiger partial charge in [0.05, 0.1) is 18.5 Å². The number of aliphatic imine (C=N–C) groups is 1. The van der Waals surface area contributed by atoms with Crippen LogP contribution in [-0.2, 0) is 6.54 Å². The lowest BCUT2D eigenvalue weighted by molar-refractivity contribution is 0.400. The van der Waals surface area contributed by atoms with E-state index in [2.05, 4.69) is 23.2 Å². The Bertz CT molecular complexity index is 662. The molecule has 0 amide bonds. The maximum Gasteiger partial charge on any atom is 0.350 e. The van der Waals surface area contributed by atoms with Crippen LogP contribution in [0, 0.1) is 0 Å². The van der Waals surface area contributed by atoms with Gasteiger partial charge in [-0.2, -0.15) is 13.9 Å². The smallest absolute Gasteiger partial charge is 0.327 e. The van der Waals surface area contributed by atoms with E-state index in [9.17, 15) is 13.6 Å². The van der Waals surface area contributed by atoms with E-state index in [0.29, 0.717) is 5.70 Å². The van der Waals surface area contributed by atoms with Crippen LogP contribution in [0.1, 0.15) is 0 Å². The van der Waals surface area contributed by atoms with Crippen LogP contribution in [0.4, 0.5) is 8.78 Å². The van der Waals surface area contributed by atoms with Gasteiger partial charge in [0.25, 0.3) is 6.08 Å². The van der Waals surface area contributed by atoms with Crippen molar-refractivity contribution in [2.75, 3.05) is 6.54 Å². The van der Waals surface area contributed by atoms with Crippen LogP contribution >= 0.6 is 0 Å². The topological polar surface area (TPSA) is 78.2 Å². The minimum absolute atomic E-state index is 0.351. The summed E-state index contributed by atoms with van der Waals surface area (Å²) in [4.78, 5) is 15.9. The highest BCUT2D eigenvalue weighted by atomic mass is 19.3. The molecular formula is C13H15F2N5O. The molecule has 0 saturated heterocycles. The third kappa shape index (κ3) is 4.18. The molecule has 0 aliphatic rings. The van der Waals surface area contributed by atoms with E-state index < -0.39 is 11.8 Å². The molecule has 0 aliphatic carbocycles. The van der Waals surface area contributed by atoms with Crippen molar-refractivity contribution in [3.63, 3.8) is 0 Å². The highest BCUT2D eigenvalue weighted by molar-refractivity contribution is 6.02. The van der Waals surface area contributed by atoms with Gasteiger partial charge in [-0.15, -0.1) is 0 Å². The molecule has 0 bridgehead atoms. The molecular weight excluding hydrogens is 280 g/mol. The summed E-state index contributed by atoms with van der Waals surface area (Å²) < 4.78 is 27.2. The minimum atomic E-state index is -1.91. The fraction of sp³-hybridized carbons (Fsp3) is 0.154. The molecule has 0 unspecified atom stereocenters. The Morgan fingerprint density at radius 3 is 2.71 bits per heavy atom. The van der Waals surface area contributed by atoms with Crippen LogP contribution < -0.4 is 11.4 Å². The van der Waals surface area contributed by atoms with Crippen LogP contribution in [-0.4, -0.2) is 27.1 Å². The minimum Gasteiger partial charge on any atom is -0.327 e. The summed E-state index contributed by atoms with van der Waals surface area (Å²) in [7, 11) is 0. The monoisotopic (exact) mass is 295 g/mol. The predicted octanol–water partition coefficient (Wildman–Crippen LogP) is 1.40. The van der Waals surface area contributed by atoms with Crippen molar-refractivity contribution in [2.24, 2.45) is 10.7 Å². The van der Waals surface area contributed by atoms with Crippen LogP contribution in [0.3, 0.4) is 0 Å². The molecule has 2 N–H and O–H groups in total. The Balaban J connectivity index is 3.20. The second-order valence-electron chi connectivity index (χ2n) is 3.80. The van der Waals surface area contributed by atoms with Gasteiger partial charge in [0.2, 0.25) is 0 Å². The molecule has 21 heavy (non-hydrogen) atoms. The standard InChI is InChI=1S/C13H15F2N5O/c1-3-5-11(7-17-4-2)19-9-18-20(13(19)21)8-10(6-16)12(14)15/h3-5,7,9H,1-2,6,8,16H2/b11-5+,17-7-. The Kier molecular flexibility index (Phi) is 6.15. The van der Waals surface area contributed by atoms with Crippen LogP contribution in [0.5, 0.6) is 0 Å². The molecule has 0 aromatic carbocycles. The summed E-state index contributed by atoms with van der Waals surface area (Å²) >= 11 is 0. The summed E-state index contributed by atoms with van der Waals surface area (Å²) in [6.45, 7) is 6.22. The SMILES string of the molecule is C=C/C=C(\C=N/C=C)n1cnn(CC(CN)=C(F)F)c1=O. The summed E-state index contributed by atoms with van der Waals surface area (Å²) in [5, 5.41) is 3.78. The number of nitrogens with zero attached hydrogens (tertiary/aromatic N) is 4. The Labute approximate surface area is 119 Å². The van der Waals surface area contributed by atoms with Crippen molar-refractivity contribution in [1.82, 2.24) is 14.3 Å². The molecule has 6 nitrogen and oxygen atoms in total. The van der Waals surface area contributed by atoms with Gasteiger partial charge in [-0.25, -0.2) is 14.0 Å². The number of hydrogen-bond donors (Lipinski definition) is 1. The highest BCUT2D eigenvalue weighted by Gasteiger charge is 2.11. The second-order valence-corrected chi connectivity index (χ2v) is 3.80. The maximum absolute atomic E-state index is 12.6. The first-order valence-corrected chi connectivity index (χ1v) is 5.89. The molecule has 0 spiro atoms. The normalized spacial score (nSPS) is 11.7. The van der Waals surface area contributed by atoms with E-state index in [0.717, 1.165) is 9.25 Å². The van der Waals surface area contributed by atoms with Gasteiger partial charge in [-0.05, 0) is 6.08 Å². The van der Waals surface area contributed by atoms with Crippen molar-refractivity contribution in [3.05, 3.63) is 60.0 Å². The molecule has 1 aromatic heterocycles. The first-order chi connectivity index (χ1) is 10.0. The zero-order valence-electron chi connectivity index (χ0n) is 11.2. The molecule has 1 aromatic rings. The van der Waals surface area contributed by atoms with Crippen LogP contribution in [0.25, 0.3) is 5.70 Å². The second kappa shape index (κ2) is 7.85. The quantitative estimate of drug-likeness (QED) is 0.610. The largest absolute Gasteiger partial charge is 0.350 e. The van der Waals surface area contributed by atoms with Gasteiger partial charge >= 0.3 is 5.69 Å². The Hall–Kier alpha value is -2.61. The molecule has 8 heteroatoms. The molecule has 1 rings (SSSR count). The van der Waals surface area contributed by atoms with Gasteiger partial charge < -0.3 is 5.73 Å². The van der Waals surface area contributed by atoms with Crippen molar-refractivity contribution in [3.8, 4) is 0 Å². The number of hydrogen-bond acceptors (Lipinski definition) is 4. The average molecular weight is 295 g/mol. The van der Waals surface area contributed by atoms with Gasteiger partial charge in [0.15, 0.2) is 0 Å². The average Bonchev–Trinajstić information content (AvgIpc) is 2.81. The van der Waals surface area contributed by atoms with Crippen molar-refractivity contribution in [1.29, 1.82) is 0 Å². The van der Waals surface area contributed by atoms with E-state index in [4.69, 9.17) is 5.73 Å². The van der Waals surface area contributed by atoms with Crippen LogP contribution in [0.15, 0.2) is 59.3 Å². The molecule has 0 radical (unpaired) electrons. The summed E-state index contributed by atoms with van der Waals surface area (Å²) in [5.74, 6) is 0. The first kappa shape index (κ1) is 16.4. The highest BCUT2D eigenvalue weighted by Crippen LogP contribution is 2.07. The van der Waals surface area contributed by atoms with E-state index in [-0.39, 0.29) is 18.7 Å². The lowest BCUT2D eigenvalue weighted by atomic mass is 10.3. The fourth-order valence-corrected chi connectivity index (χ4v) is 1.44. The van der Waals surface area contributed by atoms with E-state index in [1.165, 1.54) is 30.9 Å². The molecule has 112 valence electrons. The van der Waals surface area contributed by atoms with Crippen molar-refractivity contribution in [2.45, 2.75) is 6.54 Å². The zero-order valence-corrected chi connectivity index (χ0v) is 11.2. The molecule has 0 fully saturated rings. The molecule has 0 saturated carbocycles. The lowest BCUT2D eigenvalue weighted by Gasteiger charge is -2.02. The molecule has 0 atom stereocenters. The first-order valence-electron chi connectivity index (χ1n) is 5.89. The van der Waals surface area contributed by atoms with Crippen molar-refractivity contribution >= 4 is 11.9 Å². The fourth-order valence-electron chi connectivity index (χ4n) is 1.44. The molecule has 1 heterocycles. The van der Waals surface area contributed by atoms with E-state index in [1.54, 1.807) is 0 Å². The Morgan fingerprint density at radius 2 is 2.19 bits per heavy atom. The third-order valence-corrected chi connectivity index (χ3v) is 2.47. The number of halogens is 2. The van der Waals surface area contributed by atoms with Crippen LogP contribution in [0.2, 0.25) is 0 Å². The lowest BCUT2D eigenvalue weighted by Crippen LogP contribution is -2.27. The van der Waals surface area contributed by atoms with Gasteiger partial charge in [0.1, 0.15) is 6.33 Å². The van der Waals surface area contributed by atoms with Gasteiger partial charge in [-0.3, -0.25) is 4.99 Å². The summed E-state index contributed by atoms with van der Waals surface area (Å²) in [6, 6.07) is 0. The number of nitrogens with two attached hydrogens (primary N) is 1.